The van der Waals surface area contributed by atoms with Gasteiger partial charge in [0.15, 0.2) is 15.9 Å². The minimum atomic E-state index is -4.64. The van der Waals surface area contributed by atoms with Crippen LogP contribution in [0.15, 0.2) is 45.9 Å². The monoisotopic (exact) mass is 535 g/mol. The van der Waals surface area contributed by atoms with Crippen molar-refractivity contribution < 1.29 is 31.1 Å². The van der Waals surface area contributed by atoms with Gasteiger partial charge in [0.1, 0.15) is 11.6 Å². The van der Waals surface area contributed by atoms with Gasteiger partial charge >= 0.3 is 6.18 Å². The summed E-state index contributed by atoms with van der Waals surface area (Å²) in [5, 5.41) is 0. The molecule has 12 heteroatoms. The van der Waals surface area contributed by atoms with Crippen molar-refractivity contribution in [1.82, 2.24) is 9.88 Å². The third-order valence-electron chi connectivity index (χ3n) is 4.98. The van der Waals surface area contributed by atoms with E-state index >= 15 is 0 Å². The highest BCUT2D eigenvalue weighted by Crippen LogP contribution is 2.30. The fourth-order valence-corrected chi connectivity index (χ4v) is 4.01. The van der Waals surface area contributed by atoms with Crippen LogP contribution in [0, 0.1) is 0 Å². The maximum absolute atomic E-state index is 13.1. The Morgan fingerprint density at radius 3 is 2.34 bits per heavy atom. The van der Waals surface area contributed by atoms with Crippen LogP contribution in [0.25, 0.3) is 0 Å². The van der Waals surface area contributed by atoms with E-state index in [1.54, 1.807) is 6.20 Å². The van der Waals surface area contributed by atoms with Crippen LogP contribution in [-0.4, -0.2) is 68.9 Å². The molecule has 7 nitrogen and oxygen atoms in total. The number of sulfone groups is 1. The number of benzene rings is 1. The molecule has 1 amide bonds. The van der Waals surface area contributed by atoms with E-state index < -0.39 is 28.0 Å². The van der Waals surface area contributed by atoms with Gasteiger partial charge in [-0.05, 0) is 53.2 Å². The number of alkyl halides is 3. The number of rotatable bonds is 5. The zero-order chi connectivity index (χ0) is 23.7. The summed E-state index contributed by atoms with van der Waals surface area (Å²) in [6.07, 6.45) is -4.19. The molecule has 0 spiro atoms. The molecule has 0 radical (unpaired) electrons. The first kappa shape index (κ1) is 24.3. The summed E-state index contributed by atoms with van der Waals surface area (Å²) in [6, 6.07) is 6.97. The Morgan fingerprint density at radius 2 is 1.81 bits per heavy atom. The van der Waals surface area contributed by atoms with Gasteiger partial charge in [-0.25, -0.2) is 13.4 Å². The summed E-state index contributed by atoms with van der Waals surface area (Å²) in [4.78, 5) is 20.7. The summed E-state index contributed by atoms with van der Waals surface area (Å²) >= 11 is 3.32. The van der Waals surface area contributed by atoms with Crippen LogP contribution < -0.4 is 9.64 Å². The smallest absolute Gasteiger partial charge is 0.425 e. The molecule has 2 heterocycles. The Kier molecular flexibility index (Phi) is 7.03. The van der Waals surface area contributed by atoms with Crippen LogP contribution in [0.3, 0.4) is 0 Å². The number of aromatic nitrogens is 1. The molecular weight excluding hydrogens is 515 g/mol. The van der Waals surface area contributed by atoms with Gasteiger partial charge in [-0.15, -0.1) is 0 Å². The zero-order valence-electron chi connectivity index (χ0n) is 17.3. The SMILES string of the molecule is CC(Oc1ccc(S(C)(=O)=O)cc1C(=O)N1CCN(c2ccc(Br)cn2)CC1)C(F)(F)F. The van der Waals surface area contributed by atoms with Crippen molar-refractivity contribution in [3.05, 3.63) is 46.6 Å². The summed E-state index contributed by atoms with van der Waals surface area (Å²) in [5.74, 6) is -0.171. The molecule has 1 aromatic heterocycles. The largest absolute Gasteiger partial charge is 0.480 e. The molecule has 3 rings (SSSR count). The number of nitrogens with zero attached hydrogens (tertiary/aromatic N) is 3. The first-order valence-electron chi connectivity index (χ1n) is 9.59. The molecule has 1 aromatic carbocycles. The van der Waals surface area contributed by atoms with Crippen LogP contribution in [0.5, 0.6) is 5.75 Å². The van der Waals surface area contributed by atoms with Crippen molar-refractivity contribution in [2.45, 2.75) is 24.1 Å². The molecule has 174 valence electrons. The van der Waals surface area contributed by atoms with Crippen molar-refractivity contribution in [2.24, 2.45) is 0 Å². The van der Waals surface area contributed by atoms with Gasteiger partial charge in [0.25, 0.3) is 5.91 Å². The number of hydrogen-bond acceptors (Lipinski definition) is 6. The van der Waals surface area contributed by atoms with Crippen LogP contribution in [-0.2, 0) is 9.84 Å². The van der Waals surface area contributed by atoms with E-state index in [4.69, 9.17) is 4.74 Å². The molecule has 0 saturated carbocycles. The number of anilines is 1. The molecule has 32 heavy (non-hydrogen) atoms. The maximum Gasteiger partial charge on any atom is 0.425 e. The number of hydrogen-bond donors (Lipinski definition) is 0. The number of carbonyl (C=O) groups excluding carboxylic acids is 1. The van der Waals surface area contributed by atoms with Crippen LogP contribution in [0.1, 0.15) is 17.3 Å². The molecule has 1 unspecified atom stereocenters. The van der Waals surface area contributed by atoms with Crippen LogP contribution >= 0.6 is 15.9 Å². The lowest BCUT2D eigenvalue weighted by molar-refractivity contribution is -0.189. The van der Waals surface area contributed by atoms with Gasteiger partial charge < -0.3 is 14.5 Å². The number of piperazine rings is 1. The predicted molar refractivity (Wildman–Crippen MR) is 116 cm³/mol. The standard InChI is InChI=1S/C20H21BrF3N3O4S/c1-13(20(22,23)24)31-17-5-4-15(32(2,29)30)11-16(17)19(28)27-9-7-26(8-10-27)18-6-3-14(21)12-25-18/h3-6,11-13H,7-10H2,1-2H3. The molecule has 1 aliphatic heterocycles. The Balaban J connectivity index is 1.83. The molecule has 1 saturated heterocycles. The highest BCUT2D eigenvalue weighted by molar-refractivity contribution is 9.10. The Morgan fingerprint density at radius 1 is 1.16 bits per heavy atom. The van der Waals surface area contributed by atoms with E-state index in [2.05, 4.69) is 20.9 Å². The predicted octanol–water partition coefficient (Wildman–Crippen LogP) is 3.54. The summed E-state index contributed by atoms with van der Waals surface area (Å²) in [6.45, 7) is 2.31. The number of carbonyl (C=O) groups is 1. The van der Waals surface area contributed by atoms with E-state index in [1.807, 2.05) is 17.0 Å². The van der Waals surface area contributed by atoms with Crippen molar-refractivity contribution >= 4 is 37.5 Å². The van der Waals surface area contributed by atoms with E-state index in [9.17, 15) is 26.4 Å². The molecule has 0 aliphatic carbocycles. The van der Waals surface area contributed by atoms with Crippen LogP contribution in [0.4, 0.5) is 19.0 Å². The number of ether oxygens (including phenoxy) is 1. The average molecular weight is 536 g/mol. The second-order valence-corrected chi connectivity index (χ2v) is 10.3. The third-order valence-corrected chi connectivity index (χ3v) is 6.56. The summed E-state index contributed by atoms with van der Waals surface area (Å²) < 4.78 is 68.7. The first-order valence-corrected chi connectivity index (χ1v) is 12.3. The molecule has 1 fully saturated rings. The van der Waals surface area contributed by atoms with Gasteiger partial charge in [0.2, 0.25) is 0 Å². The Bertz CT molecular complexity index is 1090. The normalized spacial score (nSPS) is 16.1. The molecule has 0 N–H and O–H groups in total. The quantitative estimate of drug-likeness (QED) is 0.582. The number of halogens is 4. The van der Waals surface area contributed by atoms with Crippen molar-refractivity contribution in [3.63, 3.8) is 0 Å². The van der Waals surface area contributed by atoms with Crippen molar-refractivity contribution in [1.29, 1.82) is 0 Å². The van der Waals surface area contributed by atoms with Crippen molar-refractivity contribution in [3.8, 4) is 5.75 Å². The molecule has 1 atom stereocenters. The van der Waals surface area contributed by atoms with E-state index in [1.165, 1.54) is 4.90 Å². The van der Waals surface area contributed by atoms with Gasteiger partial charge in [0, 0.05) is 43.1 Å². The lowest BCUT2D eigenvalue weighted by atomic mass is 10.1. The van der Waals surface area contributed by atoms with Gasteiger partial charge in [0.05, 0.1) is 10.5 Å². The van der Waals surface area contributed by atoms with E-state index in [-0.39, 0.29) is 29.3 Å². The van der Waals surface area contributed by atoms with Gasteiger partial charge in [-0.1, -0.05) is 0 Å². The average Bonchev–Trinajstić information content (AvgIpc) is 2.73. The first-order chi connectivity index (χ1) is 14.9. The second kappa shape index (κ2) is 9.26. The minimum Gasteiger partial charge on any atom is -0.480 e. The molecule has 2 aromatic rings. The highest BCUT2D eigenvalue weighted by Gasteiger charge is 2.39. The fourth-order valence-electron chi connectivity index (χ4n) is 3.13. The topological polar surface area (TPSA) is 79.8 Å². The lowest BCUT2D eigenvalue weighted by Gasteiger charge is -2.35. The van der Waals surface area contributed by atoms with E-state index in [0.29, 0.717) is 13.1 Å². The Labute approximate surface area is 192 Å². The molecule has 0 bridgehead atoms. The highest BCUT2D eigenvalue weighted by atomic mass is 79.9. The minimum absolute atomic E-state index is 0.175. The van der Waals surface area contributed by atoms with Gasteiger partial charge in [-0.3, -0.25) is 4.79 Å². The molecular formula is C20H21BrF3N3O4S. The van der Waals surface area contributed by atoms with Gasteiger partial charge in [-0.2, -0.15) is 13.2 Å². The third kappa shape index (κ3) is 5.71. The number of pyridine rings is 1. The summed E-state index contributed by atoms with van der Waals surface area (Å²) in [5.41, 5.74) is -0.223. The fraction of sp³-hybridized carbons (Fsp3) is 0.400. The summed E-state index contributed by atoms with van der Waals surface area (Å²) in [7, 11) is -3.68. The van der Waals surface area contributed by atoms with Crippen LogP contribution in [0.2, 0.25) is 0 Å². The zero-order valence-corrected chi connectivity index (χ0v) is 19.7. The molecule has 1 aliphatic rings. The number of amides is 1. The second-order valence-electron chi connectivity index (χ2n) is 7.35. The van der Waals surface area contributed by atoms with E-state index in [0.717, 1.165) is 41.7 Å². The van der Waals surface area contributed by atoms with Crippen molar-refractivity contribution in [2.75, 3.05) is 37.3 Å². The Hall–Kier alpha value is -2.34. The lowest BCUT2D eigenvalue weighted by Crippen LogP contribution is -2.49. The maximum atomic E-state index is 13.1.